The maximum atomic E-state index is 6.08. The molecule has 0 bridgehead atoms. The van der Waals surface area contributed by atoms with Crippen LogP contribution in [0.2, 0.25) is 0 Å². The third-order valence-electron chi connectivity index (χ3n) is 4.07. The van der Waals surface area contributed by atoms with E-state index in [9.17, 15) is 0 Å². The Morgan fingerprint density at radius 2 is 2.28 bits per heavy atom. The lowest BCUT2D eigenvalue weighted by Gasteiger charge is -2.20. The highest BCUT2D eigenvalue weighted by molar-refractivity contribution is 5.81. The first kappa shape index (κ1) is 11.5. The summed E-state index contributed by atoms with van der Waals surface area (Å²) in [6.07, 6.45) is 2.54. The number of likely N-dealkylation sites (N-methyl/N-ethyl adjacent to an activating group) is 1. The van der Waals surface area contributed by atoms with Crippen molar-refractivity contribution >= 4 is 17.0 Å². The number of aryl methyl sites for hydroxylation is 1. The molecule has 0 saturated carbocycles. The van der Waals surface area contributed by atoms with E-state index in [1.165, 1.54) is 24.9 Å². The number of nitrogens with zero attached hydrogens (tertiary/aromatic N) is 3. The molecule has 1 aromatic heterocycles. The highest BCUT2D eigenvalue weighted by Crippen LogP contribution is 2.24. The van der Waals surface area contributed by atoms with Gasteiger partial charge in [0.15, 0.2) is 0 Å². The Morgan fingerprint density at radius 3 is 3.00 bits per heavy atom. The van der Waals surface area contributed by atoms with Gasteiger partial charge in [0.2, 0.25) is 5.95 Å². The average molecular weight is 244 g/mol. The molecule has 1 fully saturated rings. The van der Waals surface area contributed by atoms with Crippen LogP contribution in [-0.2, 0) is 6.54 Å². The molecule has 0 amide bonds. The van der Waals surface area contributed by atoms with E-state index in [0.29, 0.717) is 12.0 Å². The Labute approximate surface area is 107 Å². The molecule has 2 heterocycles. The van der Waals surface area contributed by atoms with Gasteiger partial charge in [0.25, 0.3) is 0 Å². The van der Waals surface area contributed by atoms with Gasteiger partial charge in [0.05, 0.1) is 11.0 Å². The highest BCUT2D eigenvalue weighted by atomic mass is 15.2. The summed E-state index contributed by atoms with van der Waals surface area (Å²) >= 11 is 0. The number of fused-ring (bicyclic) bond motifs is 1. The minimum Gasteiger partial charge on any atom is -0.369 e. The average Bonchev–Trinajstić information content (AvgIpc) is 2.87. The minimum absolute atomic E-state index is 0.588. The number of nitrogens with two attached hydrogens (primary N) is 1. The topological polar surface area (TPSA) is 47.1 Å². The van der Waals surface area contributed by atoms with Gasteiger partial charge in [-0.2, -0.15) is 0 Å². The summed E-state index contributed by atoms with van der Waals surface area (Å²) in [5.74, 6) is 0.639. The Kier molecular flexibility index (Phi) is 2.74. The predicted octanol–water partition coefficient (Wildman–Crippen LogP) is 2.02. The van der Waals surface area contributed by atoms with Crippen LogP contribution in [0.15, 0.2) is 18.2 Å². The summed E-state index contributed by atoms with van der Waals surface area (Å²) in [6.45, 7) is 4.22. The van der Waals surface area contributed by atoms with E-state index in [4.69, 9.17) is 5.73 Å². The number of likely N-dealkylation sites (tertiary alicyclic amines) is 1. The van der Waals surface area contributed by atoms with Gasteiger partial charge in [-0.05, 0) is 45.0 Å². The molecule has 4 heteroatoms. The van der Waals surface area contributed by atoms with Crippen molar-refractivity contribution in [2.45, 2.75) is 32.4 Å². The first-order valence-corrected chi connectivity index (χ1v) is 6.58. The molecule has 3 rings (SSSR count). The SMILES string of the molecule is Cc1cccc2c1nc(N)n2CC1CCCN1C. The van der Waals surface area contributed by atoms with Crippen LogP contribution in [0.1, 0.15) is 18.4 Å². The van der Waals surface area contributed by atoms with Gasteiger partial charge in [-0.25, -0.2) is 4.98 Å². The molecule has 1 unspecified atom stereocenters. The van der Waals surface area contributed by atoms with Crippen molar-refractivity contribution in [1.29, 1.82) is 0 Å². The van der Waals surface area contributed by atoms with Crippen LogP contribution in [0.25, 0.3) is 11.0 Å². The molecular formula is C14H20N4. The van der Waals surface area contributed by atoms with Crippen molar-refractivity contribution in [3.63, 3.8) is 0 Å². The molecule has 0 spiro atoms. The van der Waals surface area contributed by atoms with E-state index in [2.05, 4.69) is 46.6 Å². The van der Waals surface area contributed by atoms with Crippen molar-refractivity contribution < 1.29 is 0 Å². The Balaban J connectivity index is 2.01. The second-order valence-electron chi connectivity index (χ2n) is 5.30. The van der Waals surface area contributed by atoms with Crippen LogP contribution in [0.5, 0.6) is 0 Å². The van der Waals surface area contributed by atoms with Crippen LogP contribution in [-0.4, -0.2) is 34.1 Å². The number of rotatable bonds is 2. The Morgan fingerprint density at radius 1 is 1.44 bits per heavy atom. The first-order valence-electron chi connectivity index (χ1n) is 6.58. The molecule has 1 aliphatic heterocycles. The Hall–Kier alpha value is -1.55. The van der Waals surface area contributed by atoms with E-state index < -0.39 is 0 Å². The molecule has 0 radical (unpaired) electrons. The molecule has 1 saturated heterocycles. The lowest BCUT2D eigenvalue weighted by molar-refractivity contribution is 0.285. The molecule has 0 aliphatic carbocycles. The van der Waals surface area contributed by atoms with Gasteiger partial charge in [0, 0.05) is 12.6 Å². The first-order chi connectivity index (χ1) is 8.66. The molecule has 1 aromatic carbocycles. The van der Waals surface area contributed by atoms with Crippen LogP contribution < -0.4 is 5.73 Å². The number of hydrogen-bond donors (Lipinski definition) is 1. The second kappa shape index (κ2) is 4.28. The van der Waals surface area contributed by atoms with Gasteiger partial charge in [-0.1, -0.05) is 12.1 Å². The van der Waals surface area contributed by atoms with E-state index >= 15 is 0 Å². The normalized spacial score (nSPS) is 20.9. The quantitative estimate of drug-likeness (QED) is 0.879. The fourth-order valence-electron chi connectivity index (χ4n) is 2.92. The molecular weight excluding hydrogens is 224 g/mol. The monoisotopic (exact) mass is 244 g/mol. The smallest absolute Gasteiger partial charge is 0.201 e. The maximum Gasteiger partial charge on any atom is 0.201 e. The summed E-state index contributed by atoms with van der Waals surface area (Å²) in [5.41, 5.74) is 9.47. The molecule has 18 heavy (non-hydrogen) atoms. The van der Waals surface area contributed by atoms with Gasteiger partial charge in [-0.15, -0.1) is 0 Å². The molecule has 2 N–H and O–H groups in total. The fraction of sp³-hybridized carbons (Fsp3) is 0.500. The highest BCUT2D eigenvalue weighted by Gasteiger charge is 2.23. The zero-order valence-electron chi connectivity index (χ0n) is 11.1. The van der Waals surface area contributed by atoms with Crippen molar-refractivity contribution in [2.24, 2.45) is 0 Å². The van der Waals surface area contributed by atoms with E-state index in [1.54, 1.807) is 0 Å². The zero-order valence-corrected chi connectivity index (χ0v) is 11.1. The second-order valence-corrected chi connectivity index (χ2v) is 5.30. The standard InChI is InChI=1S/C14H20N4/c1-10-5-3-7-12-13(10)16-14(15)18(12)9-11-6-4-8-17(11)2/h3,5,7,11H,4,6,8-9H2,1-2H3,(H2,15,16). The molecule has 1 atom stereocenters. The molecule has 2 aromatic rings. The minimum atomic E-state index is 0.588. The van der Waals surface area contributed by atoms with Gasteiger partial charge in [0.1, 0.15) is 0 Å². The number of nitrogen functional groups attached to an aromatic ring is 1. The van der Waals surface area contributed by atoms with Crippen LogP contribution in [0.3, 0.4) is 0 Å². The molecule has 1 aliphatic rings. The zero-order chi connectivity index (χ0) is 12.7. The van der Waals surface area contributed by atoms with E-state index in [-0.39, 0.29) is 0 Å². The largest absolute Gasteiger partial charge is 0.369 e. The summed E-state index contributed by atoms with van der Waals surface area (Å²) in [7, 11) is 2.19. The number of aromatic nitrogens is 2. The lowest BCUT2D eigenvalue weighted by Crippen LogP contribution is -2.29. The lowest BCUT2D eigenvalue weighted by atomic mass is 10.2. The predicted molar refractivity (Wildman–Crippen MR) is 74.5 cm³/mol. The van der Waals surface area contributed by atoms with E-state index in [0.717, 1.165) is 17.6 Å². The van der Waals surface area contributed by atoms with Crippen LogP contribution in [0, 0.1) is 6.92 Å². The van der Waals surface area contributed by atoms with Crippen molar-refractivity contribution in [1.82, 2.24) is 14.5 Å². The maximum absolute atomic E-state index is 6.08. The third kappa shape index (κ3) is 1.77. The molecule has 4 nitrogen and oxygen atoms in total. The number of imidazole rings is 1. The number of hydrogen-bond acceptors (Lipinski definition) is 3. The van der Waals surface area contributed by atoms with Crippen molar-refractivity contribution in [3.8, 4) is 0 Å². The summed E-state index contributed by atoms with van der Waals surface area (Å²) in [4.78, 5) is 6.92. The number of anilines is 1. The number of benzene rings is 1. The van der Waals surface area contributed by atoms with Gasteiger partial charge >= 0.3 is 0 Å². The van der Waals surface area contributed by atoms with Crippen molar-refractivity contribution in [2.75, 3.05) is 19.3 Å². The summed E-state index contributed by atoms with van der Waals surface area (Å²) < 4.78 is 2.16. The van der Waals surface area contributed by atoms with Gasteiger partial charge < -0.3 is 15.2 Å². The molecule has 96 valence electrons. The summed E-state index contributed by atoms with van der Waals surface area (Å²) in [5, 5.41) is 0. The number of para-hydroxylation sites is 1. The van der Waals surface area contributed by atoms with Crippen LogP contribution in [0.4, 0.5) is 5.95 Å². The van der Waals surface area contributed by atoms with Crippen LogP contribution >= 0.6 is 0 Å². The fourth-order valence-corrected chi connectivity index (χ4v) is 2.92. The summed E-state index contributed by atoms with van der Waals surface area (Å²) in [6, 6.07) is 6.86. The Bertz CT molecular complexity index is 572. The van der Waals surface area contributed by atoms with E-state index in [1.807, 2.05) is 0 Å². The van der Waals surface area contributed by atoms with Gasteiger partial charge in [-0.3, -0.25) is 0 Å². The van der Waals surface area contributed by atoms with Crippen molar-refractivity contribution in [3.05, 3.63) is 23.8 Å². The third-order valence-corrected chi connectivity index (χ3v) is 4.07.